The molecule has 1 rings (SSSR count). The van der Waals surface area contributed by atoms with Gasteiger partial charge in [0.2, 0.25) is 0 Å². The molecule has 0 radical (unpaired) electrons. The molecule has 0 aromatic heterocycles. The van der Waals surface area contributed by atoms with Gasteiger partial charge in [-0.25, -0.2) is 0 Å². The first-order valence-electron chi connectivity index (χ1n) is 5.27. The third kappa shape index (κ3) is 3.63. The SMILES string of the molecule is COc1ccc(C(O)C(O)CC(=O)O)c([N+](=O)[O-])c1. The Balaban J connectivity index is 3.11. The molecule has 3 N–H and O–H groups in total. The van der Waals surface area contributed by atoms with E-state index in [0.29, 0.717) is 0 Å². The lowest BCUT2D eigenvalue weighted by Crippen LogP contribution is -2.22. The number of aliphatic carboxylic acids is 1. The number of carboxylic acid groups (broad SMARTS) is 1. The van der Waals surface area contributed by atoms with E-state index in [1.165, 1.54) is 19.2 Å². The molecule has 0 bridgehead atoms. The van der Waals surface area contributed by atoms with E-state index in [2.05, 4.69) is 0 Å². The molecular weight excluding hydrogens is 258 g/mol. The van der Waals surface area contributed by atoms with E-state index in [0.717, 1.165) is 6.07 Å². The van der Waals surface area contributed by atoms with Gasteiger partial charge in [-0.05, 0) is 12.1 Å². The highest BCUT2D eigenvalue weighted by molar-refractivity contribution is 5.67. The summed E-state index contributed by atoms with van der Waals surface area (Å²) in [5.74, 6) is -1.10. The fourth-order valence-electron chi connectivity index (χ4n) is 1.56. The molecule has 0 aliphatic rings. The lowest BCUT2D eigenvalue weighted by Gasteiger charge is -2.16. The van der Waals surface area contributed by atoms with Crippen LogP contribution in [-0.4, -0.2) is 39.4 Å². The number of aliphatic hydroxyl groups is 2. The number of methoxy groups -OCH3 is 1. The van der Waals surface area contributed by atoms with Gasteiger partial charge in [-0.1, -0.05) is 0 Å². The number of nitro groups is 1. The van der Waals surface area contributed by atoms with Crippen molar-refractivity contribution in [3.63, 3.8) is 0 Å². The van der Waals surface area contributed by atoms with E-state index in [4.69, 9.17) is 9.84 Å². The Labute approximate surface area is 108 Å². The van der Waals surface area contributed by atoms with Crippen molar-refractivity contribution >= 4 is 11.7 Å². The van der Waals surface area contributed by atoms with Crippen molar-refractivity contribution in [2.45, 2.75) is 18.6 Å². The molecular formula is C11H13NO7. The van der Waals surface area contributed by atoms with Crippen LogP contribution in [0.3, 0.4) is 0 Å². The number of nitro benzene ring substituents is 1. The van der Waals surface area contributed by atoms with Gasteiger partial charge >= 0.3 is 5.97 Å². The third-order valence-electron chi connectivity index (χ3n) is 2.50. The van der Waals surface area contributed by atoms with E-state index in [-0.39, 0.29) is 11.3 Å². The highest BCUT2D eigenvalue weighted by Gasteiger charge is 2.28. The molecule has 0 aliphatic carbocycles. The molecule has 2 atom stereocenters. The Kier molecular flexibility index (Phi) is 4.79. The normalized spacial score (nSPS) is 13.6. The first kappa shape index (κ1) is 14.9. The molecule has 8 heteroatoms. The summed E-state index contributed by atoms with van der Waals surface area (Å²) in [5, 5.41) is 38.7. The zero-order valence-corrected chi connectivity index (χ0v) is 10.0. The standard InChI is InChI=1S/C11H13NO7/c1-19-6-2-3-7(8(4-6)12(17)18)11(16)9(13)5-10(14)15/h2-4,9,11,13,16H,5H2,1H3,(H,14,15). The van der Waals surface area contributed by atoms with Gasteiger partial charge in [0.05, 0.1) is 36.2 Å². The topological polar surface area (TPSA) is 130 Å². The number of benzene rings is 1. The maximum absolute atomic E-state index is 10.9. The van der Waals surface area contributed by atoms with Crippen LogP contribution in [0.1, 0.15) is 18.1 Å². The van der Waals surface area contributed by atoms with Crippen LogP contribution in [0.5, 0.6) is 5.75 Å². The summed E-state index contributed by atoms with van der Waals surface area (Å²) in [6, 6.07) is 3.68. The van der Waals surface area contributed by atoms with Crippen molar-refractivity contribution in [1.82, 2.24) is 0 Å². The summed E-state index contributed by atoms with van der Waals surface area (Å²) in [4.78, 5) is 20.6. The van der Waals surface area contributed by atoms with Gasteiger partial charge < -0.3 is 20.1 Å². The Morgan fingerprint density at radius 2 is 2.11 bits per heavy atom. The predicted octanol–water partition coefficient (Wildman–Crippen LogP) is 0.472. The summed E-state index contributed by atoms with van der Waals surface area (Å²) in [6.45, 7) is 0. The number of nitrogens with zero attached hydrogens (tertiary/aromatic N) is 1. The molecule has 8 nitrogen and oxygen atoms in total. The first-order chi connectivity index (χ1) is 8.86. The zero-order chi connectivity index (χ0) is 14.6. The summed E-state index contributed by atoms with van der Waals surface area (Å²) in [6.07, 6.45) is -4.02. The van der Waals surface area contributed by atoms with Crippen molar-refractivity contribution < 1.29 is 29.8 Å². The molecule has 0 aliphatic heterocycles. The number of hydrogen-bond acceptors (Lipinski definition) is 6. The van der Waals surface area contributed by atoms with Crippen molar-refractivity contribution in [3.8, 4) is 5.75 Å². The number of aliphatic hydroxyl groups excluding tert-OH is 2. The average Bonchev–Trinajstić information content (AvgIpc) is 2.36. The lowest BCUT2D eigenvalue weighted by atomic mass is 10.0. The smallest absolute Gasteiger partial charge is 0.306 e. The second kappa shape index (κ2) is 6.12. The molecule has 2 unspecified atom stereocenters. The maximum Gasteiger partial charge on any atom is 0.306 e. The first-order valence-corrected chi connectivity index (χ1v) is 5.27. The molecule has 104 valence electrons. The number of carbonyl (C=O) groups is 1. The van der Waals surface area contributed by atoms with Crippen LogP contribution in [-0.2, 0) is 4.79 Å². The van der Waals surface area contributed by atoms with Gasteiger partial charge in [-0.3, -0.25) is 14.9 Å². The van der Waals surface area contributed by atoms with E-state index < -0.39 is 35.2 Å². The molecule has 0 saturated carbocycles. The van der Waals surface area contributed by atoms with Crippen LogP contribution in [0.25, 0.3) is 0 Å². The number of hydrogen-bond donors (Lipinski definition) is 3. The Bertz CT molecular complexity index is 488. The average molecular weight is 271 g/mol. The van der Waals surface area contributed by atoms with Crippen LogP contribution >= 0.6 is 0 Å². The largest absolute Gasteiger partial charge is 0.497 e. The van der Waals surface area contributed by atoms with Gasteiger partial charge in [-0.2, -0.15) is 0 Å². The molecule has 0 spiro atoms. The highest BCUT2D eigenvalue weighted by atomic mass is 16.6. The second-order valence-corrected chi connectivity index (χ2v) is 3.79. The van der Waals surface area contributed by atoms with Gasteiger partial charge in [0.1, 0.15) is 11.9 Å². The fraction of sp³-hybridized carbons (Fsp3) is 0.364. The fourth-order valence-corrected chi connectivity index (χ4v) is 1.56. The summed E-state index contributed by atoms with van der Waals surface area (Å²) >= 11 is 0. The zero-order valence-electron chi connectivity index (χ0n) is 10.0. The molecule has 1 aromatic carbocycles. The van der Waals surface area contributed by atoms with Crippen molar-refractivity contribution in [2.24, 2.45) is 0 Å². The second-order valence-electron chi connectivity index (χ2n) is 3.79. The van der Waals surface area contributed by atoms with Crippen LogP contribution in [0.2, 0.25) is 0 Å². The highest BCUT2D eigenvalue weighted by Crippen LogP contribution is 2.31. The van der Waals surface area contributed by atoms with Crippen LogP contribution in [0.4, 0.5) is 5.69 Å². The quantitative estimate of drug-likeness (QED) is 0.506. The van der Waals surface area contributed by atoms with Crippen LogP contribution in [0.15, 0.2) is 18.2 Å². The van der Waals surface area contributed by atoms with Crippen LogP contribution < -0.4 is 4.74 Å². The van der Waals surface area contributed by atoms with Crippen LogP contribution in [0, 0.1) is 10.1 Å². The van der Waals surface area contributed by atoms with E-state index in [1.54, 1.807) is 0 Å². The Morgan fingerprint density at radius 3 is 2.58 bits per heavy atom. The minimum Gasteiger partial charge on any atom is -0.497 e. The van der Waals surface area contributed by atoms with Crippen molar-refractivity contribution in [3.05, 3.63) is 33.9 Å². The summed E-state index contributed by atoms with van der Waals surface area (Å²) in [7, 11) is 1.33. The Hall–Kier alpha value is -2.19. The van der Waals surface area contributed by atoms with Gasteiger partial charge in [0, 0.05) is 0 Å². The Morgan fingerprint density at radius 1 is 1.47 bits per heavy atom. The van der Waals surface area contributed by atoms with Crippen molar-refractivity contribution in [2.75, 3.05) is 7.11 Å². The minimum absolute atomic E-state index is 0.167. The van der Waals surface area contributed by atoms with E-state index in [9.17, 15) is 25.1 Å². The van der Waals surface area contributed by atoms with Crippen molar-refractivity contribution in [1.29, 1.82) is 0 Å². The summed E-state index contributed by atoms with van der Waals surface area (Å²) in [5.41, 5.74) is -0.615. The lowest BCUT2D eigenvalue weighted by molar-refractivity contribution is -0.386. The van der Waals surface area contributed by atoms with E-state index in [1.807, 2.05) is 0 Å². The number of rotatable bonds is 6. The van der Waals surface area contributed by atoms with E-state index >= 15 is 0 Å². The maximum atomic E-state index is 10.9. The molecule has 19 heavy (non-hydrogen) atoms. The summed E-state index contributed by atoms with van der Waals surface area (Å²) < 4.78 is 4.82. The number of carboxylic acids is 1. The molecule has 0 heterocycles. The van der Waals surface area contributed by atoms with Gasteiger partial charge in [0.25, 0.3) is 5.69 Å². The molecule has 0 fully saturated rings. The molecule has 1 aromatic rings. The number of ether oxygens (including phenoxy) is 1. The third-order valence-corrected chi connectivity index (χ3v) is 2.50. The van der Waals surface area contributed by atoms with Gasteiger partial charge in [-0.15, -0.1) is 0 Å². The molecule has 0 saturated heterocycles. The minimum atomic E-state index is -1.66. The molecule has 0 amide bonds. The van der Waals surface area contributed by atoms with Gasteiger partial charge in [0.15, 0.2) is 0 Å². The predicted molar refractivity (Wildman–Crippen MR) is 62.9 cm³/mol. The monoisotopic (exact) mass is 271 g/mol.